The van der Waals surface area contributed by atoms with Gasteiger partial charge in [-0.05, 0) is 24.5 Å². The lowest BCUT2D eigenvalue weighted by molar-refractivity contribution is 0.137. The standard InChI is InChI=1S/C23H26N4O3/c1-29-20-12-6-5-11-18(20)14-21-25-22(30-26-21)19-15-27(16-19)23(28)24-13-7-10-17-8-3-2-4-9-17/h2-6,8-9,11-12,19H,7,10,13-16H2,1H3,(H,24,28). The van der Waals surface area contributed by atoms with E-state index in [9.17, 15) is 4.79 Å². The Bertz CT molecular complexity index is 967. The van der Waals surface area contributed by atoms with Gasteiger partial charge in [0.25, 0.3) is 0 Å². The van der Waals surface area contributed by atoms with Crippen LogP contribution in [0.1, 0.15) is 35.2 Å². The van der Waals surface area contributed by atoms with Crippen LogP contribution in [0.5, 0.6) is 5.75 Å². The number of methoxy groups -OCH3 is 1. The average molecular weight is 406 g/mol. The molecular weight excluding hydrogens is 380 g/mol. The zero-order valence-corrected chi connectivity index (χ0v) is 17.1. The van der Waals surface area contributed by atoms with Gasteiger partial charge >= 0.3 is 6.03 Å². The SMILES string of the molecule is COc1ccccc1Cc1noc(C2CN(C(=O)NCCCc3ccccc3)C2)n1. The van der Waals surface area contributed by atoms with E-state index in [1.165, 1.54) is 5.56 Å². The molecule has 3 aromatic rings. The third kappa shape index (κ3) is 4.79. The number of nitrogens with zero attached hydrogens (tertiary/aromatic N) is 3. The molecule has 7 nitrogen and oxygen atoms in total. The highest BCUT2D eigenvalue weighted by Gasteiger charge is 2.35. The predicted molar refractivity (Wildman–Crippen MR) is 113 cm³/mol. The molecule has 30 heavy (non-hydrogen) atoms. The summed E-state index contributed by atoms with van der Waals surface area (Å²) >= 11 is 0. The first-order valence-electron chi connectivity index (χ1n) is 10.2. The van der Waals surface area contributed by atoms with Gasteiger partial charge in [-0.3, -0.25) is 0 Å². The molecule has 0 saturated carbocycles. The summed E-state index contributed by atoms with van der Waals surface area (Å²) in [5.41, 5.74) is 2.30. The van der Waals surface area contributed by atoms with Crippen LogP contribution in [0.25, 0.3) is 0 Å². The number of rotatable bonds is 8. The Balaban J connectivity index is 1.20. The molecule has 1 fully saturated rings. The monoisotopic (exact) mass is 406 g/mol. The van der Waals surface area contributed by atoms with Crippen LogP contribution in [-0.4, -0.2) is 47.8 Å². The fourth-order valence-corrected chi connectivity index (χ4v) is 3.57. The van der Waals surface area contributed by atoms with Crippen molar-refractivity contribution in [2.75, 3.05) is 26.7 Å². The van der Waals surface area contributed by atoms with E-state index in [1.54, 1.807) is 12.0 Å². The number of carbonyl (C=O) groups excluding carboxylic acids is 1. The summed E-state index contributed by atoms with van der Waals surface area (Å²) in [6, 6.07) is 18.1. The minimum atomic E-state index is -0.0342. The maximum atomic E-state index is 12.3. The number of benzene rings is 2. The molecule has 7 heteroatoms. The number of nitrogens with one attached hydrogen (secondary N) is 1. The van der Waals surface area contributed by atoms with Crippen molar-refractivity contribution in [1.82, 2.24) is 20.4 Å². The molecule has 0 radical (unpaired) electrons. The Morgan fingerprint density at radius 3 is 2.73 bits per heavy atom. The van der Waals surface area contributed by atoms with Crippen molar-refractivity contribution in [3.8, 4) is 5.75 Å². The summed E-state index contributed by atoms with van der Waals surface area (Å²) in [6.07, 6.45) is 2.43. The van der Waals surface area contributed by atoms with Gasteiger partial charge in [0, 0.05) is 31.6 Å². The molecule has 2 heterocycles. The average Bonchev–Trinajstić information content (AvgIpc) is 3.19. The fourth-order valence-electron chi connectivity index (χ4n) is 3.57. The smallest absolute Gasteiger partial charge is 0.317 e. The second-order valence-electron chi connectivity index (χ2n) is 7.46. The van der Waals surface area contributed by atoms with Crippen LogP contribution in [0.3, 0.4) is 0 Å². The number of ether oxygens (including phenoxy) is 1. The van der Waals surface area contributed by atoms with Gasteiger partial charge < -0.3 is 19.5 Å². The molecule has 0 bridgehead atoms. The van der Waals surface area contributed by atoms with Gasteiger partial charge in [0.15, 0.2) is 5.82 Å². The van der Waals surface area contributed by atoms with Crippen LogP contribution in [0, 0.1) is 0 Å². The van der Waals surface area contributed by atoms with Crippen LogP contribution in [0.15, 0.2) is 59.1 Å². The number of likely N-dealkylation sites (tertiary alicyclic amines) is 1. The molecule has 0 aliphatic carbocycles. The molecule has 156 valence electrons. The van der Waals surface area contributed by atoms with Gasteiger partial charge in [-0.15, -0.1) is 0 Å². The lowest BCUT2D eigenvalue weighted by Crippen LogP contribution is -2.52. The van der Waals surface area contributed by atoms with Gasteiger partial charge in [-0.2, -0.15) is 4.98 Å². The van der Waals surface area contributed by atoms with E-state index in [-0.39, 0.29) is 11.9 Å². The number of hydrogen-bond donors (Lipinski definition) is 1. The van der Waals surface area contributed by atoms with Crippen LogP contribution in [0.2, 0.25) is 0 Å². The third-order valence-electron chi connectivity index (χ3n) is 5.30. The molecule has 4 rings (SSSR count). The molecule has 0 spiro atoms. The van der Waals surface area contributed by atoms with Gasteiger partial charge in [-0.1, -0.05) is 53.7 Å². The topological polar surface area (TPSA) is 80.5 Å². The number of para-hydroxylation sites is 1. The van der Waals surface area contributed by atoms with Gasteiger partial charge in [0.05, 0.1) is 13.0 Å². The normalized spacial score (nSPS) is 13.7. The largest absolute Gasteiger partial charge is 0.496 e. The zero-order chi connectivity index (χ0) is 20.8. The summed E-state index contributed by atoms with van der Waals surface area (Å²) < 4.78 is 10.8. The van der Waals surface area contributed by atoms with Crippen LogP contribution in [0.4, 0.5) is 4.79 Å². The molecule has 1 N–H and O–H groups in total. The maximum Gasteiger partial charge on any atom is 0.317 e. The molecule has 1 saturated heterocycles. The van der Waals surface area contributed by atoms with E-state index in [2.05, 4.69) is 27.6 Å². The number of urea groups is 1. The molecule has 1 aliphatic rings. The number of amides is 2. The number of aromatic nitrogens is 2. The van der Waals surface area contributed by atoms with E-state index in [0.717, 1.165) is 24.2 Å². The Morgan fingerprint density at radius 1 is 1.17 bits per heavy atom. The summed E-state index contributed by atoms with van der Waals surface area (Å²) in [5.74, 6) is 2.12. The summed E-state index contributed by atoms with van der Waals surface area (Å²) in [5, 5.41) is 7.07. The highest BCUT2D eigenvalue weighted by atomic mass is 16.5. The summed E-state index contributed by atoms with van der Waals surface area (Å²) in [4.78, 5) is 18.6. The summed E-state index contributed by atoms with van der Waals surface area (Å²) in [6.45, 7) is 1.86. The number of hydrogen-bond acceptors (Lipinski definition) is 5. The lowest BCUT2D eigenvalue weighted by Gasteiger charge is -2.36. The van der Waals surface area contributed by atoms with Crippen molar-refractivity contribution in [3.05, 3.63) is 77.4 Å². The van der Waals surface area contributed by atoms with Crippen molar-refractivity contribution in [2.45, 2.75) is 25.2 Å². The Hall–Kier alpha value is -3.35. The molecule has 2 amide bonds. The van der Waals surface area contributed by atoms with Crippen molar-refractivity contribution in [1.29, 1.82) is 0 Å². The van der Waals surface area contributed by atoms with Gasteiger partial charge in [0.1, 0.15) is 5.75 Å². The Morgan fingerprint density at radius 2 is 1.93 bits per heavy atom. The van der Waals surface area contributed by atoms with E-state index in [0.29, 0.717) is 37.8 Å². The molecule has 2 aromatic carbocycles. The number of carbonyl (C=O) groups is 1. The molecule has 1 aromatic heterocycles. The second-order valence-corrected chi connectivity index (χ2v) is 7.46. The maximum absolute atomic E-state index is 12.3. The number of aryl methyl sites for hydroxylation is 1. The molecule has 0 atom stereocenters. The van der Waals surface area contributed by atoms with Crippen molar-refractivity contribution in [3.63, 3.8) is 0 Å². The van der Waals surface area contributed by atoms with E-state index >= 15 is 0 Å². The van der Waals surface area contributed by atoms with E-state index < -0.39 is 0 Å². The van der Waals surface area contributed by atoms with Crippen LogP contribution >= 0.6 is 0 Å². The minimum Gasteiger partial charge on any atom is -0.496 e. The van der Waals surface area contributed by atoms with Crippen molar-refractivity contribution in [2.24, 2.45) is 0 Å². The third-order valence-corrected chi connectivity index (χ3v) is 5.30. The molecule has 1 aliphatic heterocycles. The molecule has 0 unspecified atom stereocenters. The quantitative estimate of drug-likeness (QED) is 0.580. The lowest BCUT2D eigenvalue weighted by atomic mass is 10.0. The predicted octanol–water partition coefficient (Wildman–Crippen LogP) is 3.41. The zero-order valence-electron chi connectivity index (χ0n) is 17.1. The highest BCUT2D eigenvalue weighted by Crippen LogP contribution is 2.26. The van der Waals surface area contributed by atoms with Crippen LogP contribution < -0.4 is 10.1 Å². The molecular formula is C23H26N4O3. The first-order chi connectivity index (χ1) is 14.7. The highest BCUT2D eigenvalue weighted by molar-refractivity contribution is 5.75. The Labute approximate surface area is 176 Å². The first kappa shape index (κ1) is 19.9. The second kappa shape index (κ2) is 9.43. The van der Waals surface area contributed by atoms with E-state index in [1.807, 2.05) is 42.5 Å². The minimum absolute atomic E-state index is 0.0342. The van der Waals surface area contributed by atoms with Crippen molar-refractivity contribution >= 4 is 6.03 Å². The first-order valence-corrected chi connectivity index (χ1v) is 10.2. The van der Waals surface area contributed by atoms with Gasteiger partial charge in [-0.25, -0.2) is 4.79 Å². The summed E-state index contributed by atoms with van der Waals surface area (Å²) in [7, 11) is 1.65. The van der Waals surface area contributed by atoms with Crippen LogP contribution in [-0.2, 0) is 12.8 Å². The Kier molecular flexibility index (Phi) is 6.27. The van der Waals surface area contributed by atoms with E-state index in [4.69, 9.17) is 9.26 Å². The fraction of sp³-hybridized carbons (Fsp3) is 0.348. The van der Waals surface area contributed by atoms with Crippen molar-refractivity contribution < 1.29 is 14.1 Å². The van der Waals surface area contributed by atoms with Gasteiger partial charge in [0.2, 0.25) is 5.89 Å².